The number of ether oxygens (including phenoxy) is 2. The van der Waals surface area contributed by atoms with E-state index in [4.69, 9.17) is 9.47 Å². The number of rotatable bonds is 7. The van der Waals surface area contributed by atoms with Crippen molar-refractivity contribution in [1.82, 2.24) is 19.8 Å². The molecule has 1 aliphatic heterocycles. The average Bonchev–Trinajstić information content (AvgIpc) is 3.48. The van der Waals surface area contributed by atoms with Gasteiger partial charge in [0.15, 0.2) is 0 Å². The monoisotopic (exact) mass is 449 g/mol. The Morgan fingerprint density at radius 2 is 1.85 bits per heavy atom. The van der Waals surface area contributed by atoms with Crippen molar-refractivity contribution < 1.29 is 14.3 Å². The fourth-order valence-electron chi connectivity index (χ4n) is 4.75. The fraction of sp³-hybridized carbons (Fsp3) is 0.440. The molecule has 8 nitrogen and oxygen atoms in total. The number of fused-ring (bicyclic) bond motifs is 1. The molecule has 1 saturated heterocycles. The van der Waals surface area contributed by atoms with Crippen LogP contribution in [0.5, 0.6) is 11.5 Å². The van der Waals surface area contributed by atoms with Crippen LogP contribution in [-0.4, -0.2) is 79.7 Å². The van der Waals surface area contributed by atoms with Crippen LogP contribution in [0.1, 0.15) is 6.42 Å². The first kappa shape index (κ1) is 21.7. The number of amides is 1. The van der Waals surface area contributed by atoms with E-state index in [1.54, 1.807) is 14.2 Å². The molecule has 2 N–H and O–H groups in total. The zero-order valence-electron chi connectivity index (χ0n) is 19.4. The van der Waals surface area contributed by atoms with E-state index in [9.17, 15) is 4.79 Å². The number of likely N-dealkylation sites (N-methyl/N-ethyl adjacent to an activating group) is 1. The van der Waals surface area contributed by atoms with Gasteiger partial charge in [0.05, 0.1) is 19.8 Å². The van der Waals surface area contributed by atoms with Crippen molar-refractivity contribution in [3.05, 3.63) is 36.5 Å². The van der Waals surface area contributed by atoms with Gasteiger partial charge in [0.2, 0.25) is 5.91 Å². The summed E-state index contributed by atoms with van der Waals surface area (Å²) in [7, 11) is 5.45. The number of piperazine rings is 1. The van der Waals surface area contributed by atoms with Crippen LogP contribution in [0.2, 0.25) is 0 Å². The fourth-order valence-corrected chi connectivity index (χ4v) is 4.75. The summed E-state index contributed by atoms with van der Waals surface area (Å²) in [5, 5.41) is 3.96. The molecule has 8 heteroatoms. The molecule has 2 atom stereocenters. The Labute approximate surface area is 193 Å². The van der Waals surface area contributed by atoms with Crippen molar-refractivity contribution in [2.24, 2.45) is 11.8 Å². The van der Waals surface area contributed by atoms with Crippen molar-refractivity contribution in [2.75, 3.05) is 59.3 Å². The van der Waals surface area contributed by atoms with Crippen LogP contribution >= 0.6 is 0 Å². The Hall–Kier alpha value is -3.10. The molecule has 3 aromatic rings. The number of carbonyl (C=O) groups is 1. The highest BCUT2D eigenvalue weighted by atomic mass is 16.5. The van der Waals surface area contributed by atoms with Crippen molar-refractivity contribution in [3.8, 4) is 22.6 Å². The third kappa shape index (κ3) is 4.41. The Balaban J connectivity index is 1.28. The number of hydrogen-bond acceptors (Lipinski definition) is 6. The highest BCUT2D eigenvalue weighted by molar-refractivity contribution is 5.99. The van der Waals surface area contributed by atoms with E-state index in [2.05, 4.69) is 32.1 Å². The van der Waals surface area contributed by atoms with Gasteiger partial charge in [0.25, 0.3) is 0 Å². The first-order valence-corrected chi connectivity index (χ1v) is 11.5. The van der Waals surface area contributed by atoms with E-state index >= 15 is 0 Å². The predicted molar refractivity (Wildman–Crippen MR) is 129 cm³/mol. The number of pyridine rings is 1. The maximum Gasteiger partial charge on any atom is 0.228 e. The molecule has 1 aliphatic carbocycles. The zero-order valence-corrected chi connectivity index (χ0v) is 19.4. The van der Waals surface area contributed by atoms with Crippen LogP contribution < -0.4 is 14.8 Å². The summed E-state index contributed by atoms with van der Waals surface area (Å²) in [5.41, 5.74) is 2.52. The predicted octanol–water partition coefficient (Wildman–Crippen LogP) is 3.07. The third-order valence-corrected chi connectivity index (χ3v) is 6.84. The Bertz CT molecular complexity index is 1130. The number of benzene rings is 1. The number of anilines is 1. The van der Waals surface area contributed by atoms with Gasteiger partial charge < -0.3 is 29.6 Å². The Morgan fingerprint density at radius 3 is 2.55 bits per heavy atom. The van der Waals surface area contributed by atoms with Gasteiger partial charge in [-0.05, 0) is 43.7 Å². The quantitative estimate of drug-likeness (QED) is 0.577. The largest absolute Gasteiger partial charge is 0.496 e. The number of H-pyrrole nitrogens is 1. The molecule has 3 heterocycles. The van der Waals surface area contributed by atoms with Gasteiger partial charge >= 0.3 is 0 Å². The van der Waals surface area contributed by atoms with Gasteiger partial charge in [-0.3, -0.25) is 4.79 Å². The second-order valence-electron chi connectivity index (χ2n) is 9.03. The Morgan fingerprint density at radius 1 is 1.12 bits per heavy atom. The van der Waals surface area contributed by atoms with Gasteiger partial charge in [0, 0.05) is 55.8 Å². The molecule has 2 aliphatic rings. The van der Waals surface area contributed by atoms with E-state index in [0.717, 1.165) is 67.2 Å². The second-order valence-corrected chi connectivity index (χ2v) is 9.03. The molecule has 0 radical (unpaired) electrons. The van der Waals surface area contributed by atoms with E-state index in [0.29, 0.717) is 17.4 Å². The van der Waals surface area contributed by atoms with E-state index in [-0.39, 0.29) is 11.8 Å². The smallest absolute Gasteiger partial charge is 0.228 e. The maximum absolute atomic E-state index is 12.8. The lowest BCUT2D eigenvalue weighted by Gasteiger charge is -2.32. The summed E-state index contributed by atoms with van der Waals surface area (Å²) in [6, 6.07) is 9.55. The third-order valence-electron chi connectivity index (χ3n) is 6.84. The summed E-state index contributed by atoms with van der Waals surface area (Å²) in [6.45, 7) is 5.40. The molecule has 5 rings (SSSR count). The van der Waals surface area contributed by atoms with Crippen molar-refractivity contribution >= 4 is 22.8 Å². The molecule has 0 bridgehead atoms. The van der Waals surface area contributed by atoms with Gasteiger partial charge in [0.1, 0.15) is 23.0 Å². The molecule has 0 spiro atoms. The Kier molecular flexibility index (Phi) is 5.95. The number of aromatic amines is 1. The number of methoxy groups -OCH3 is 2. The van der Waals surface area contributed by atoms with Crippen LogP contribution in [0.25, 0.3) is 22.2 Å². The molecule has 1 aromatic carbocycles. The molecule has 1 amide bonds. The standard InChI is InChI=1S/C25H31N5O3/c1-29-9-11-30(12-10-29)15-16-13-18(16)25(31)28-22-8-7-17-19(14-26-24(17)27-22)23-20(32-2)5-4-6-21(23)33-3/h4-8,14,16,18H,9-13,15H2,1-3H3,(H2,26,27,28,31)/t16-,18+/m1/s1. The summed E-state index contributed by atoms with van der Waals surface area (Å²) < 4.78 is 11.1. The van der Waals surface area contributed by atoms with Crippen LogP contribution in [0, 0.1) is 11.8 Å². The topological polar surface area (TPSA) is 82.7 Å². The number of nitrogens with one attached hydrogen (secondary N) is 2. The van der Waals surface area contributed by atoms with Gasteiger partial charge in [-0.25, -0.2) is 4.98 Å². The molecule has 2 fully saturated rings. The van der Waals surface area contributed by atoms with E-state index < -0.39 is 0 Å². The van der Waals surface area contributed by atoms with Gasteiger partial charge in [-0.1, -0.05) is 6.07 Å². The molecular weight excluding hydrogens is 418 g/mol. The van der Waals surface area contributed by atoms with Crippen molar-refractivity contribution in [2.45, 2.75) is 6.42 Å². The molecule has 0 unspecified atom stereocenters. The number of carbonyl (C=O) groups excluding carboxylic acids is 1. The maximum atomic E-state index is 12.8. The van der Waals surface area contributed by atoms with Crippen LogP contribution in [0.15, 0.2) is 36.5 Å². The van der Waals surface area contributed by atoms with Crippen LogP contribution in [-0.2, 0) is 4.79 Å². The summed E-state index contributed by atoms with van der Waals surface area (Å²) in [5.74, 6) is 2.63. The summed E-state index contributed by atoms with van der Waals surface area (Å²) in [6.07, 6.45) is 2.86. The minimum absolute atomic E-state index is 0.0687. The zero-order chi connectivity index (χ0) is 22.9. The number of hydrogen-bond donors (Lipinski definition) is 2. The van der Waals surface area contributed by atoms with Gasteiger partial charge in [-0.15, -0.1) is 0 Å². The lowest BCUT2D eigenvalue weighted by molar-refractivity contribution is -0.117. The molecular formula is C25H31N5O3. The normalized spacial score (nSPS) is 21.2. The minimum atomic E-state index is 0.0687. The molecule has 33 heavy (non-hydrogen) atoms. The van der Waals surface area contributed by atoms with Crippen LogP contribution in [0.3, 0.4) is 0 Å². The summed E-state index contributed by atoms with van der Waals surface area (Å²) in [4.78, 5) is 25.5. The minimum Gasteiger partial charge on any atom is -0.496 e. The highest BCUT2D eigenvalue weighted by Gasteiger charge is 2.44. The SMILES string of the molecule is COc1cccc(OC)c1-c1c[nH]c2nc(NC(=O)[C@H]3C[C@@H]3CN3CCN(C)CC3)ccc12. The molecule has 2 aromatic heterocycles. The lowest BCUT2D eigenvalue weighted by atomic mass is 10.0. The second kappa shape index (κ2) is 9.03. The van der Waals surface area contributed by atoms with Gasteiger partial charge in [-0.2, -0.15) is 0 Å². The van der Waals surface area contributed by atoms with Crippen LogP contribution in [0.4, 0.5) is 5.82 Å². The molecule has 1 saturated carbocycles. The number of aromatic nitrogens is 2. The average molecular weight is 450 g/mol. The first-order valence-electron chi connectivity index (χ1n) is 11.5. The van der Waals surface area contributed by atoms with Crippen molar-refractivity contribution in [3.63, 3.8) is 0 Å². The lowest BCUT2D eigenvalue weighted by Crippen LogP contribution is -2.45. The van der Waals surface area contributed by atoms with Crippen molar-refractivity contribution in [1.29, 1.82) is 0 Å². The summed E-state index contributed by atoms with van der Waals surface area (Å²) >= 11 is 0. The first-order chi connectivity index (χ1) is 16.1. The highest BCUT2D eigenvalue weighted by Crippen LogP contribution is 2.42. The molecule has 174 valence electrons. The van der Waals surface area contributed by atoms with E-state index in [1.807, 2.05) is 36.5 Å². The number of nitrogens with zero attached hydrogens (tertiary/aromatic N) is 3. The van der Waals surface area contributed by atoms with E-state index in [1.165, 1.54) is 0 Å².